The van der Waals surface area contributed by atoms with Crippen molar-refractivity contribution in [3.63, 3.8) is 0 Å². The number of methoxy groups -OCH3 is 2. The first-order valence-corrected chi connectivity index (χ1v) is 6.69. The molecule has 23 heavy (non-hydrogen) atoms. The second-order valence-corrected chi connectivity index (χ2v) is 4.41. The van der Waals surface area contributed by atoms with Crippen LogP contribution in [-0.4, -0.2) is 31.5 Å². The number of aromatic nitrogens is 1. The Hall–Kier alpha value is -3.15. The van der Waals surface area contributed by atoms with Crippen LogP contribution in [0.5, 0.6) is 11.6 Å². The second kappa shape index (κ2) is 7.74. The monoisotopic (exact) mass is 313 g/mol. The van der Waals surface area contributed by atoms with E-state index in [1.54, 1.807) is 36.4 Å². The van der Waals surface area contributed by atoms with E-state index in [0.29, 0.717) is 16.9 Å². The molecule has 0 fully saturated rings. The molecule has 1 aromatic heterocycles. The van der Waals surface area contributed by atoms with E-state index in [4.69, 9.17) is 14.2 Å². The minimum absolute atomic E-state index is 0.171. The number of nitrogens with zero attached hydrogens (tertiary/aromatic N) is 1. The summed E-state index contributed by atoms with van der Waals surface area (Å²) in [5.74, 6) is 0.0479. The molecule has 2 rings (SSSR count). The highest BCUT2D eigenvalue weighted by molar-refractivity contribution is 6.16. The molecule has 0 bridgehead atoms. The number of benzene rings is 1. The van der Waals surface area contributed by atoms with Crippen molar-refractivity contribution in [3.8, 4) is 11.6 Å². The predicted octanol–water partition coefficient (Wildman–Crippen LogP) is 2.85. The van der Waals surface area contributed by atoms with Gasteiger partial charge in [0.1, 0.15) is 17.6 Å². The quantitative estimate of drug-likeness (QED) is 0.353. The SMILES string of the molecule is COC=C(C(=O)OC)c1cccnc1Oc1cccc(C=O)c1. The van der Waals surface area contributed by atoms with E-state index < -0.39 is 5.97 Å². The van der Waals surface area contributed by atoms with Crippen molar-refractivity contribution in [2.75, 3.05) is 14.2 Å². The molecule has 0 N–H and O–H groups in total. The Balaban J connectivity index is 2.42. The Bertz CT molecular complexity index is 739. The van der Waals surface area contributed by atoms with Gasteiger partial charge in [-0.05, 0) is 24.3 Å². The fraction of sp³-hybridized carbons (Fsp3) is 0.118. The first-order chi connectivity index (χ1) is 11.2. The Labute approximate surface area is 133 Å². The molecule has 0 saturated carbocycles. The highest BCUT2D eigenvalue weighted by atomic mass is 16.5. The molecule has 0 aliphatic heterocycles. The van der Waals surface area contributed by atoms with Crippen molar-refractivity contribution in [1.29, 1.82) is 0 Å². The molecule has 0 aliphatic rings. The van der Waals surface area contributed by atoms with Crippen LogP contribution in [0.4, 0.5) is 0 Å². The van der Waals surface area contributed by atoms with Crippen LogP contribution in [-0.2, 0) is 14.3 Å². The van der Waals surface area contributed by atoms with E-state index in [9.17, 15) is 9.59 Å². The lowest BCUT2D eigenvalue weighted by atomic mass is 10.1. The summed E-state index contributed by atoms with van der Waals surface area (Å²) in [6.45, 7) is 0. The molecule has 6 heteroatoms. The zero-order valence-corrected chi connectivity index (χ0v) is 12.7. The highest BCUT2D eigenvalue weighted by Gasteiger charge is 2.19. The number of esters is 1. The highest BCUT2D eigenvalue weighted by Crippen LogP contribution is 2.29. The largest absolute Gasteiger partial charge is 0.503 e. The van der Waals surface area contributed by atoms with Crippen molar-refractivity contribution in [3.05, 3.63) is 60.0 Å². The van der Waals surface area contributed by atoms with Gasteiger partial charge in [0.05, 0.1) is 26.0 Å². The van der Waals surface area contributed by atoms with E-state index in [-0.39, 0.29) is 11.5 Å². The zero-order chi connectivity index (χ0) is 16.7. The summed E-state index contributed by atoms with van der Waals surface area (Å²) >= 11 is 0. The Morgan fingerprint density at radius 3 is 2.70 bits per heavy atom. The van der Waals surface area contributed by atoms with Crippen molar-refractivity contribution < 1.29 is 23.8 Å². The third-order valence-corrected chi connectivity index (χ3v) is 2.91. The average molecular weight is 313 g/mol. The number of pyridine rings is 1. The summed E-state index contributed by atoms with van der Waals surface area (Å²) in [5, 5.41) is 0. The lowest BCUT2D eigenvalue weighted by Crippen LogP contribution is -2.06. The number of ether oxygens (including phenoxy) is 3. The third kappa shape index (κ3) is 3.94. The van der Waals surface area contributed by atoms with Gasteiger partial charge >= 0.3 is 5.97 Å². The summed E-state index contributed by atoms with van der Waals surface area (Å²) in [6, 6.07) is 9.93. The number of rotatable bonds is 6. The van der Waals surface area contributed by atoms with Crippen LogP contribution in [0.25, 0.3) is 5.57 Å². The van der Waals surface area contributed by atoms with Crippen LogP contribution in [0.1, 0.15) is 15.9 Å². The molecule has 0 aliphatic carbocycles. The zero-order valence-electron chi connectivity index (χ0n) is 12.7. The maximum absolute atomic E-state index is 11.9. The number of hydrogen-bond acceptors (Lipinski definition) is 6. The topological polar surface area (TPSA) is 74.7 Å². The van der Waals surface area contributed by atoms with Crippen LogP contribution in [0.2, 0.25) is 0 Å². The van der Waals surface area contributed by atoms with Crippen LogP contribution in [0, 0.1) is 0 Å². The molecule has 6 nitrogen and oxygen atoms in total. The fourth-order valence-electron chi connectivity index (χ4n) is 1.89. The summed E-state index contributed by atoms with van der Waals surface area (Å²) in [4.78, 5) is 26.9. The lowest BCUT2D eigenvalue weighted by molar-refractivity contribution is -0.133. The van der Waals surface area contributed by atoms with Gasteiger partial charge in [0.2, 0.25) is 5.88 Å². The Morgan fingerprint density at radius 2 is 2.00 bits per heavy atom. The van der Waals surface area contributed by atoms with Crippen LogP contribution in [0.15, 0.2) is 48.9 Å². The molecule has 0 unspecified atom stereocenters. The Kier molecular flexibility index (Phi) is 5.46. The molecular formula is C17H15NO5. The standard InChI is InChI=1S/C17H15NO5/c1-21-11-15(17(20)22-2)14-7-4-8-18-16(14)23-13-6-3-5-12(9-13)10-19/h3-11H,1-2H3. The van der Waals surface area contributed by atoms with Crippen LogP contribution in [0.3, 0.4) is 0 Å². The van der Waals surface area contributed by atoms with Gasteiger partial charge in [0.25, 0.3) is 0 Å². The molecule has 0 spiro atoms. The Morgan fingerprint density at radius 1 is 1.17 bits per heavy atom. The maximum atomic E-state index is 11.9. The van der Waals surface area contributed by atoms with Gasteiger partial charge in [-0.3, -0.25) is 4.79 Å². The smallest absolute Gasteiger partial charge is 0.341 e. The summed E-state index contributed by atoms with van der Waals surface area (Å²) < 4.78 is 15.4. The molecule has 0 amide bonds. The average Bonchev–Trinajstić information content (AvgIpc) is 2.60. The first-order valence-electron chi connectivity index (χ1n) is 6.69. The van der Waals surface area contributed by atoms with Gasteiger partial charge in [0.15, 0.2) is 0 Å². The van der Waals surface area contributed by atoms with Gasteiger partial charge in [0, 0.05) is 11.8 Å². The van der Waals surface area contributed by atoms with Gasteiger partial charge < -0.3 is 14.2 Å². The molecule has 0 radical (unpaired) electrons. The molecular weight excluding hydrogens is 298 g/mol. The van der Waals surface area contributed by atoms with E-state index >= 15 is 0 Å². The van der Waals surface area contributed by atoms with Gasteiger partial charge in [-0.25, -0.2) is 9.78 Å². The van der Waals surface area contributed by atoms with Crippen molar-refractivity contribution >= 4 is 17.8 Å². The minimum atomic E-state index is -0.577. The number of hydrogen-bond donors (Lipinski definition) is 0. The molecule has 0 atom stereocenters. The number of carbonyl (C=O) groups is 2. The number of aldehydes is 1. The fourth-order valence-corrected chi connectivity index (χ4v) is 1.89. The summed E-state index contributed by atoms with van der Waals surface area (Å²) in [6.07, 6.45) is 3.51. The van der Waals surface area contributed by atoms with Crippen molar-refractivity contribution in [2.24, 2.45) is 0 Å². The van der Waals surface area contributed by atoms with Gasteiger partial charge in [-0.2, -0.15) is 0 Å². The lowest BCUT2D eigenvalue weighted by Gasteiger charge is -2.11. The number of carbonyl (C=O) groups excluding carboxylic acids is 2. The van der Waals surface area contributed by atoms with E-state index in [2.05, 4.69) is 4.98 Å². The van der Waals surface area contributed by atoms with Crippen molar-refractivity contribution in [1.82, 2.24) is 4.98 Å². The minimum Gasteiger partial charge on any atom is -0.503 e. The predicted molar refractivity (Wildman–Crippen MR) is 83.1 cm³/mol. The second-order valence-electron chi connectivity index (χ2n) is 4.41. The summed E-state index contributed by atoms with van der Waals surface area (Å²) in [7, 11) is 2.70. The van der Waals surface area contributed by atoms with E-state index in [1.807, 2.05) is 0 Å². The maximum Gasteiger partial charge on any atom is 0.341 e. The van der Waals surface area contributed by atoms with Crippen LogP contribution < -0.4 is 4.74 Å². The first kappa shape index (κ1) is 16.2. The normalized spacial score (nSPS) is 10.8. The van der Waals surface area contributed by atoms with Crippen LogP contribution >= 0.6 is 0 Å². The molecule has 2 aromatic rings. The molecule has 0 saturated heterocycles. The van der Waals surface area contributed by atoms with Gasteiger partial charge in [-0.15, -0.1) is 0 Å². The summed E-state index contributed by atoms with van der Waals surface area (Å²) in [5.41, 5.74) is 1.06. The van der Waals surface area contributed by atoms with Gasteiger partial charge in [-0.1, -0.05) is 12.1 Å². The van der Waals surface area contributed by atoms with E-state index in [1.165, 1.54) is 26.7 Å². The molecule has 1 aromatic carbocycles. The van der Waals surface area contributed by atoms with Crippen molar-refractivity contribution in [2.45, 2.75) is 0 Å². The molecule has 1 heterocycles. The third-order valence-electron chi connectivity index (χ3n) is 2.91. The van der Waals surface area contributed by atoms with E-state index in [0.717, 1.165) is 6.29 Å². The molecule has 118 valence electrons.